The van der Waals surface area contributed by atoms with Crippen LogP contribution in [-0.4, -0.2) is 52.8 Å². The maximum atomic E-state index is 12.8. The van der Waals surface area contributed by atoms with E-state index in [2.05, 4.69) is 10.4 Å². The molecule has 1 aromatic heterocycles. The number of fused-ring (bicyclic) bond motifs is 1. The Labute approximate surface area is 175 Å². The number of carbonyl (C=O) groups is 2. The van der Waals surface area contributed by atoms with E-state index >= 15 is 0 Å². The summed E-state index contributed by atoms with van der Waals surface area (Å²) >= 11 is 5.94. The van der Waals surface area contributed by atoms with E-state index in [-0.39, 0.29) is 11.9 Å². The number of aromatic nitrogens is 2. The van der Waals surface area contributed by atoms with Crippen molar-refractivity contribution in [3.63, 3.8) is 0 Å². The first kappa shape index (κ1) is 19.9. The van der Waals surface area contributed by atoms with Gasteiger partial charge in [0.05, 0.1) is 18.1 Å². The summed E-state index contributed by atoms with van der Waals surface area (Å²) < 4.78 is 1.34. The zero-order valence-corrected chi connectivity index (χ0v) is 17.5. The number of halogens is 1. The standard InChI is InChI=1S/C21H26ClN5O2/c1-14(28)25(2)20-10-24-27(13-20)21(29)26-11-16-7-19(8-17(16)12-26)23-9-15-3-5-18(22)6-4-15/h3-6,10,13,16-17,19,23H,7-9,11-12H2,1-2H3. The van der Waals surface area contributed by atoms with Crippen LogP contribution in [0.2, 0.25) is 5.02 Å². The van der Waals surface area contributed by atoms with Gasteiger partial charge < -0.3 is 15.1 Å². The molecule has 8 heteroatoms. The quantitative estimate of drug-likeness (QED) is 0.833. The lowest BCUT2D eigenvalue weighted by Crippen LogP contribution is -2.35. The molecule has 0 bridgehead atoms. The first-order valence-corrected chi connectivity index (χ1v) is 10.3. The highest BCUT2D eigenvalue weighted by Crippen LogP contribution is 2.38. The molecule has 2 amide bonds. The second kappa shape index (κ2) is 8.16. The lowest BCUT2D eigenvalue weighted by Gasteiger charge is -2.19. The summed E-state index contributed by atoms with van der Waals surface area (Å²) in [6, 6.07) is 8.30. The van der Waals surface area contributed by atoms with Gasteiger partial charge >= 0.3 is 6.03 Å². The van der Waals surface area contributed by atoms with Crippen molar-refractivity contribution in [2.24, 2.45) is 11.8 Å². The van der Waals surface area contributed by atoms with Gasteiger partial charge in [0.2, 0.25) is 5.91 Å². The average Bonchev–Trinajstić information content (AvgIpc) is 3.41. The second-order valence-corrected chi connectivity index (χ2v) is 8.54. The fourth-order valence-corrected chi connectivity index (χ4v) is 4.53. The summed E-state index contributed by atoms with van der Waals surface area (Å²) in [5.74, 6) is 0.957. The monoisotopic (exact) mass is 415 g/mol. The maximum Gasteiger partial charge on any atom is 0.344 e. The fraction of sp³-hybridized carbons (Fsp3) is 0.476. The van der Waals surface area contributed by atoms with Crippen LogP contribution in [-0.2, 0) is 11.3 Å². The highest BCUT2D eigenvalue weighted by molar-refractivity contribution is 6.30. The van der Waals surface area contributed by atoms with Crippen molar-refractivity contribution in [2.75, 3.05) is 25.0 Å². The lowest BCUT2D eigenvalue weighted by molar-refractivity contribution is -0.116. The fourth-order valence-electron chi connectivity index (χ4n) is 4.41. The molecule has 1 saturated heterocycles. The van der Waals surface area contributed by atoms with Crippen LogP contribution in [0.4, 0.5) is 10.5 Å². The molecule has 2 aliphatic rings. The van der Waals surface area contributed by atoms with E-state index < -0.39 is 0 Å². The number of rotatable bonds is 4. The van der Waals surface area contributed by atoms with Gasteiger partial charge in [0.1, 0.15) is 0 Å². The number of hydrogen-bond acceptors (Lipinski definition) is 4. The molecule has 2 unspecified atom stereocenters. The molecule has 7 nitrogen and oxygen atoms in total. The van der Waals surface area contributed by atoms with E-state index in [0.717, 1.165) is 37.5 Å². The van der Waals surface area contributed by atoms with Crippen LogP contribution in [0.15, 0.2) is 36.7 Å². The predicted octanol–water partition coefficient (Wildman–Crippen LogP) is 2.99. The van der Waals surface area contributed by atoms with Crippen molar-refractivity contribution in [3.05, 3.63) is 47.2 Å². The number of hydrogen-bond donors (Lipinski definition) is 1. The minimum Gasteiger partial charge on any atom is -0.322 e. The molecule has 154 valence electrons. The van der Waals surface area contributed by atoms with E-state index in [1.165, 1.54) is 22.1 Å². The molecule has 1 aromatic carbocycles. The van der Waals surface area contributed by atoms with Gasteiger partial charge in [0.15, 0.2) is 0 Å². The third kappa shape index (κ3) is 4.31. The van der Waals surface area contributed by atoms with E-state index in [4.69, 9.17) is 11.6 Å². The van der Waals surface area contributed by atoms with Crippen molar-refractivity contribution in [2.45, 2.75) is 32.4 Å². The number of benzene rings is 1. The first-order valence-electron chi connectivity index (χ1n) is 9.97. The van der Waals surface area contributed by atoms with Crippen LogP contribution in [0.1, 0.15) is 25.3 Å². The summed E-state index contributed by atoms with van der Waals surface area (Å²) in [5, 5.41) is 8.55. The molecule has 1 aliphatic heterocycles. The number of anilines is 1. The molecule has 4 rings (SSSR count). The van der Waals surface area contributed by atoms with Crippen LogP contribution in [0, 0.1) is 11.8 Å². The van der Waals surface area contributed by atoms with Crippen molar-refractivity contribution in [3.8, 4) is 0 Å². The van der Waals surface area contributed by atoms with Crippen molar-refractivity contribution in [1.82, 2.24) is 20.0 Å². The number of amides is 2. The predicted molar refractivity (Wildman–Crippen MR) is 112 cm³/mol. The minimum absolute atomic E-state index is 0.0927. The Kier molecular flexibility index (Phi) is 5.61. The summed E-state index contributed by atoms with van der Waals surface area (Å²) in [4.78, 5) is 27.6. The highest BCUT2D eigenvalue weighted by Gasteiger charge is 2.42. The van der Waals surface area contributed by atoms with Gasteiger partial charge in [-0.2, -0.15) is 9.78 Å². The molecule has 0 spiro atoms. The number of nitrogens with one attached hydrogen (secondary N) is 1. The van der Waals surface area contributed by atoms with Gasteiger partial charge in [0.25, 0.3) is 0 Å². The van der Waals surface area contributed by atoms with Crippen LogP contribution in [0.25, 0.3) is 0 Å². The minimum atomic E-state index is -0.117. The Morgan fingerprint density at radius 2 is 1.86 bits per heavy atom. The second-order valence-electron chi connectivity index (χ2n) is 8.10. The summed E-state index contributed by atoms with van der Waals surface area (Å²) in [7, 11) is 1.67. The van der Waals surface area contributed by atoms with E-state index in [0.29, 0.717) is 23.6 Å². The summed E-state index contributed by atoms with van der Waals surface area (Å²) in [6.07, 6.45) is 5.33. The van der Waals surface area contributed by atoms with Crippen LogP contribution in [0.5, 0.6) is 0 Å². The average molecular weight is 416 g/mol. The highest BCUT2D eigenvalue weighted by atomic mass is 35.5. The SMILES string of the molecule is CC(=O)N(C)c1cnn(C(=O)N2CC3CC(NCc4ccc(Cl)cc4)CC3C2)c1. The molecule has 2 fully saturated rings. The Morgan fingerprint density at radius 1 is 1.21 bits per heavy atom. The third-order valence-electron chi connectivity index (χ3n) is 6.15. The summed E-state index contributed by atoms with van der Waals surface area (Å²) in [5.41, 5.74) is 1.85. The number of carbonyl (C=O) groups excluding carboxylic acids is 2. The normalized spacial score (nSPS) is 23.3. The zero-order valence-electron chi connectivity index (χ0n) is 16.7. The maximum absolute atomic E-state index is 12.8. The molecule has 2 aromatic rings. The molecule has 0 radical (unpaired) electrons. The number of likely N-dealkylation sites (tertiary alicyclic amines) is 1. The molecule has 2 heterocycles. The molecule has 1 saturated carbocycles. The Hall–Kier alpha value is -2.38. The van der Waals surface area contributed by atoms with Crippen LogP contribution < -0.4 is 10.2 Å². The molecular formula is C21H26ClN5O2. The lowest BCUT2D eigenvalue weighted by atomic mass is 10.0. The summed E-state index contributed by atoms with van der Waals surface area (Å²) in [6.45, 7) is 3.85. The Balaban J connectivity index is 1.29. The Morgan fingerprint density at radius 3 is 2.48 bits per heavy atom. The topological polar surface area (TPSA) is 70.5 Å². The van der Waals surface area contributed by atoms with E-state index in [9.17, 15) is 9.59 Å². The van der Waals surface area contributed by atoms with E-state index in [1.54, 1.807) is 19.4 Å². The largest absolute Gasteiger partial charge is 0.344 e. The van der Waals surface area contributed by atoms with Crippen molar-refractivity contribution in [1.29, 1.82) is 0 Å². The van der Waals surface area contributed by atoms with Gasteiger partial charge in [-0.05, 0) is 42.4 Å². The van der Waals surface area contributed by atoms with Crippen molar-refractivity contribution < 1.29 is 9.59 Å². The Bertz CT molecular complexity index is 883. The van der Waals surface area contributed by atoms with Crippen molar-refractivity contribution >= 4 is 29.2 Å². The molecule has 2 atom stereocenters. The van der Waals surface area contributed by atoms with Gasteiger partial charge in [0, 0.05) is 44.7 Å². The van der Waals surface area contributed by atoms with Crippen LogP contribution in [0.3, 0.4) is 0 Å². The van der Waals surface area contributed by atoms with Gasteiger partial charge in [-0.1, -0.05) is 23.7 Å². The van der Waals surface area contributed by atoms with Gasteiger partial charge in [-0.25, -0.2) is 4.79 Å². The van der Waals surface area contributed by atoms with E-state index in [1.807, 2.05) is 29.2 Å². The molecular weight excluding hydrogens is 390 g/mol. The smallest absolute Gasteiger partial charge is 0.322 e. The first-order chi connectivity index (χ1) is 13.9. The van der Waals surface area contributed by atoms with Gasteiger partial charge in [-0.3, -0.25) is 4.79 Å². The molecule has 1 N–H and O–H groups in total. The molecule has 1 aliphatic carbocycles. The van der Waals surface area contributed by atoms with Gasteiger partial charge in [-0.15, -0.1) is 0 Å². The third-order valence-corrected chi connectivity index (χ3v) is 6.41. The molecule has 29 heavy (non-hydrogen) atoms. The zero-order chi connectivity index (χ0) is 20.5. The van der Waals surface area contributed by atoms with Crippen LogP contribution >= 0.6 is 11.6 Å². The number of nitrogens with zero attached hydrogens (tertiary/aromatic N) is 4.